The Labute approximate surface area is 122 Å². The number of aliphatic hydroxyl groups excluding tert-OH is 1. The maximum Gasteiger partial charge on any atom is 0.128 e. The molecule has 0 amide bonds. The average molecular weight is 330 g/mol. The molecule has 3 unspecified atom stereocenters. The second-order valence-electron chi connectivity index (χ2n) is 5.41. The van der Waals surface area contributed by atoms with Gasteiger partial charge >= 0.3 is 0 Å². The van der Waals surface area contributed by atoms with E-state index >= 15 is 0 Å². The fourth-order valence-electron chi connectivity index (χ4n) is 2.71. The number of aliphatic hydroxyl groups is 1. The molecule has 19 heavy (non-hydrogen) atoms. The van der Waals surface area contributed by atoms with Gasteiger partial charge in [0.2, 0.25) is 0 Å². The lowest BCUT2D eigenvalue weighted by molar-refractivity contribution is 0.0683. The first-order valence-electron chi connectivity index (χ1n) is 6.94. The Hall–Kier alpha value is -0.450. The molecule has 1 saturated carbocycles. The van der Waals surface area contributed by atoms with Gasteiger partial charge in [0, 0.05) is 22.6 Å². The van der Waals surface area contributed by atoms with Gasteiger partial charge in [0.1, 0.15) is 5.82 Å². The summed E-state index contributed by atoms with van der Waals surface area (Å²) >= 11 is 3.37. The summed E-state index contributed by atoms with van der Waals surface area (Å²) in [6, 6.07) is 4.94. The first-order chi connectivity index (χ1) is 9.08. The van der Waals surface area contributed by atoms with Crippen LogP contribution in [-0.4, -0.2) is 17.8 Å². The smallest absolute Gasteiger partial charge is 0.128 e. The Kier molecular flexibility index (Phi) is 5.37. The molecule has 4 heteroatoms. The molecule has 0 aliphatic heterocycles. The lowest BCUT2D eigenvalue weighted by Gasteiger charge is -2.29. The van der Waals surface area contributed by atoms with Gasteiger partial charge in [-0.05, 0) is 43.9 Å². The van der Waals surface area contributed by atoms with Crippen molar-refractivity contribution in [1.29, 1.82) is 0 Å². The monoisotopic (exact) mass is 329 g/mol. The van der Waals surface area contributed by atoms with Crippen LogP contribution in [0.3, 0.4) is 0 Å². The van der Waals surface area contributed by atoms with Crippen LogP contribution in [0.15, 0.2) is 22.7 Å². The molecule has 0 saturated heterocycles. The minimum Gasteiger partial charge on any atom is -0.393 e. The minimum absolute atomic E-state index is 0.0494. The van der Waals surface area contributed by atoms with Crippen molar-refractivity contribution in [1.82, 2.24) is 5.32 Å². The number of hydrogen-bond donors (Lipinski definition) is 2. The third-order valence-electron chi connectivity index (χ3n) is 3.98. The first-order valence-corrected chi connectivity index (χ1v) is 7.73. The molecule has 1 aromatic carbocycles. The quantitative estimate of drug-likeness (QED) is 0.880. The van der Waals surface area contributed by atoms with Crippen LogP contribution >= 0.6 is 15.9 Å². The van der Waals surface area contributed by atoms with Gasteiger partial charge in [0.15, 0.2) is 0 Å². The zero-order valence-corrected chi connectivity index (χ0v) is 12.8. The van der Waals surface area contributed by atoms with Crippen LogP contribution in [0.25, 0.3) is 0 Å². The van der Waals surface area contributed by atoms with Crippen molar-refractivity contribution < 1.29 is 9.50 Å². The summed E-state index contributed by atoms with van der Waals surface area (Å²) in [6.07, 6.45) is 4.05. The third-order valence-corrected chi connectivity index (χ3v) is 4.47. The summed E-state index contributed by atoms with van der Waals surface area (Å²) in [5.41, 5.74) is 0.666. The lowest BCUT2D eigenvalue weighted by atomic mass is 9.86. The van der Waals surface area contributed by atoms with Gasteiger partial charge in [0.05, 0.1) is 6.10 Å². The normalized spacial score (nSPS) is 25.3. The molecule has 2 nitrogen and oxygen atoms in total. The molecule has 1 aromatic rings. The average Bonchev–Trinajstić information content (AvgIpc) is 2.40. The Balaban J connectivity index is 1.93. The van der Waals surface area contributed by atoms with Crippen LogP contribution in [0.1, 0.15) is 44.2 Å². The van der Waals surface area contributed by atoms with E-state index in [0.29, 0.717) is 11.5 Å². The topological polar surface area (TPSA) is 32.3 Å². The second-order valence-corrected chi connectivity index (χ2v) is 6.32. The summed E-state index contributed by atoms with van der Waals surface area (Å²) in [5.74, 6) is 0.110. The molecule has 1 aliphatic carbocycles. The number of halogens is 2. The van der Waals surface area contributed by atoms with Crippen LogP contribution in [-0.2, 0) is 0 Å². The molecular formula is C15H21BrFNO. The standard InChI is InChI=1S/C15H21BrFNO/c1-10(13-8-12(16)6-7-14(13)17)18-9-11-4-2-3-5-15(11)19/h6-8,10-11,15,18-19H,2-5,9H2,1H3. The lowest BCUT2D eigenvalue weighted by Crippen LogP contribution is -2.35. The van der Waals surface area contributed by atoms with Crippen molar-refractivity contribution in [3.05, 3.63) is 34.1 Å². The van der Waals surface area contributed by atoms with E-state index < -0.39 is 0 Å². The SMILES string of the molecule is CC(NCC1CCCCC1O)c1cc(Br)ccc1F. The second kappa shape index (κ2) is 6.82. The fourth-order valence-corrected chi connectivity index (χ4v) is 3.09. The van der Waals surface area contributed by atoms with Crippen molar-refractivity contribution in [3.63, 3.8) is 0 Å². The Morgan fingerprint density at radius 2 is 2.16 bits per heavy atom. The molecule has 1 fully saturated rings. The number of hydrogen-bond acceptors (Lipinski definition) is 2. The van der Waals surface area contributed by atoms with Crippen LogP contribution in [0.2, 0.25) is 0 Å². The van der Waals surface area contributed by atoms with E-state index in [2.05, 4.69) is 21.2 Å². The molecule has 2 N–H and O–H groups in total. The molecule has 3 atom stereocenters. The van der Waals surface area contributed by atoms with Gasteiger partial charge in [-0.2, -0.15) is 0 Å². The van der Waals surface area contributed by atoms with E-state index in [4.69, 9.17) is 0 Å². The summed E-state index contributed by atoms with van der Waals surface area (Å²) in [4.78, 5) is 0. The van der Waals surface area contributed by atoms with Crippen molar-refractivity contribution in [3.8, 4) is 0 Å². The van der Waals surface area contributed by atoms with Crippen LogP contribution in [0, 0.1) is 11.7 Å². The molecule has 1 aliphatic rings. The van der Waals surface area contributed by atoms with Gasteiger partial charge in [-0.15, -0.1) is 0 Å². The summed E-state index contributed by atoms with van der Waals surface area (Å²) in [7, 11) is 0. The van der Waals surface area contributed by atoms with E-state index in [9.17, 15) is 9.50 Å². The van der Waals surface area contributed by atoms with E-state index in [1.165, 1.54) is 12.5 Å². The van der Waals surface area contributed by atoms with E-state index in [0.717, 1.165) is 30.3 Å². The number of benzene rings is 1. The Bertz CT molecular complexity index is 427. The molecule has 0 aromatic heterocycles. The molecule has 0 spiro atoms. The maximum absolute atomic E-state index is 13.8. The van der Waals surface area contributed by atoms with E-state index in [1.807, 2.05) is 13.0 Å². The summed E-state index contributed by atoms with van der Waals surface area (Å²) < 4.78 is 14.6. The summed E-state index contributed by atoms with van der Waals surface area (Å²) in [6.45, 7) is 2.70. The maximum atomic E-state index is 13.8. The zero-order valence-electron chi connectivity index (χ0n) is 11.2. The molecule has 106 valence electrons. The summed E-state index contributed by atoms with van der Waals surface area (Å²) in [5, 5.41) is 13.3. The highest BCUT2D eigenvalue weighted by Gasteiger charge is 2.23. The van der Waals surface area contributed by atoms with Crippen LogP contribution < -0.4 is 5.32 Å². The highest BCUT2D eigenvalue weighted by Crippen LogP contribution is 2.26. The largest absolute Gasteiger partial charge is 0.393 e. The molecular weight excluding hydrogens is 309 g/mol. The highest BCUT2D eigenvalue weighted by atomic mass is 79.9. The Morgan fingerprint density at radius 1 is 1.42 bits per heavy atom. The first kappa shape index (κ1) is 14.9. The van der Waals surface area contributed by atoms with E-state index in [1.54, 1.807) is 6.07 Å². The Morgan fingerprint density at radius 3 is 2.89 bits per heavy atom. The predicted molar refractivity (Wildman–Crippen MR) is 78.5 cm³/mol. The predicted octanol–water partition coefficient (Wildman–Crippen LogP) is 3.79. The number of nitrogens with one attached hydrogen (secondary N) is 1. The molecule has 2 rings (SSSR count). The molecule has 0 bridgehead atoms. The van der Waals surface area contributed by atoms with Crippen LogP contribution in [0.4, 0.5) is 4.39 Å². The van der Waals surface area contributed by atoms with Crippen molar-refractivity contribution in [2.75, 3.05) is 6.54 Å². The fraction of sp³-hybridized carbons (Fsp3) is 0.600. The van der Waals surface area contributed by atoms with Gasteiger partial charge < -0.3 is 10.4 Å². The van der Waals surface area contributed by atoms with Gasteiger partial charge in [-0.1, -0.05) is 28.8 Å². The third kappa shape index (κ3) is 4.01. The molecule has 0 radical (unpaired) electrons. The van der Waals surface area contributed by atoms with Crippen LogP contribution in [0.5, 0.6) is 0 Å². The van der Waals surface area contributed by atoms with Crippen molar-refractivity contribution >= 4 is 15.9 Å². The van der Waals surface area contributed by atoms with Gasteiger partial charge in [-0.3, -0.25) is 0 Å². The minimum atomic E-state index is -0.208. The van der Waals surface area contributed by atoms with Crippen molar-refractivity contribution in [2.45, 2.75) is 44.8 Å². The zero-order chi connectivity index (χ0) is 13.8. The highest BCUT2D eigenvalue weighted by molar-refractivity contribution is 9.10. The van der Waals surface area contributed by atoms with Gasteiger partial charge in [0.25, 0.3) is 0 Å². The molecule has 0 heterocycles. The number of rotatable bonds is 4. The van der Waals surface area contributed by atoms with Crippen molar-refractivity contribution in [2.24, 2.45) is 5.92 Å². The van der Waals surface area contributed by atoms with Gasteiger partial charge in [-0.25, -0.2) is 4.39 Å². The van der Waals surface area contributed by atoms with E-state index in [-0.39, 0.29) is 18.0 Å².